The summed E-state index contributed by atoms with van der Waals surface area (Å²) in [4.78, 5) is 0. The number of fused-ring (bicyclic) bond motifs is 20. The molecule has 0 aliphatic heterocycles. The van der Waals surface area contributed by atoms with E-state index < -0.39 is 0 Å². The van der Waals surface area contributed by atoms with Crippen LogP contribution in [0.25, 0.3) is 235 Å². The summed E-state index contributed by atoms with van der Waals surface area (Å²) in [6.07, 6.45) is 0. The van der Waals surface area contributed by atoms with Crippen LogP contribution < -0.4 is 0 Å². The topological polar surface area (TPSA) is 14.8 Å². The van der Waals surface area contributed by atoms with Crippen molar-refractivity contribution >= 4 is 152 Å². The van der Waals surface area contributed by atoms with Crippen molar-refractivity contribution in [2.75, 3.05) is 0 Å². The monoisotopic (exact) mass is 1590 g/mol. The van der Waals surface area contributed by atoms with Crippen LogP contribution in [0.3, 0.4) is 0 Å². The van der Waals surface area contributed by atoms with Gasteiger partial charge in [-0.2, -0.15) is 0 Å². The Morgan fingerprint density at radius 3 is 0.784 bits per heavy atom. The van der Waals surface area contributed by atoms with Crippen molar-refractivity contribution in [3.8, 4) is 83.8 Å². The zero-order valence-corrected chi connectivity index (χ0v) is 68.5. The molecule has 582 valence electrons. The Balaban J connectivity index is 0.000000106. The zero-order chi connectivity index (χ0) is 82.4. The standard InChI is InChI=1S/C46H29N.2C38H25N/c1-2-12-35-32(10-1)11-9-19-44(35)47-45-18-8-7-17-41(45)43-29-34(25-27-46(43)47)31-22-20-30(21-23-31)33-24-26-40-38-15-4-3-13-36(38)37-14-5-6-16-39(37)42(40)28-33;1-3-16-31-26(10-1)12-8-19-32(31)30-15-7-14-28(24-30)29-22-23-38-35(25-29)34-18-5-6-20-37(34)39(38)36-21-9-13-27-11-2-4-17-33(27)36;1-2-11-28-23-31(20-19-26(28)9-1)29-13-7-14-30(24-29)32-21-22-38-35(25-32)34-16-5-6-17-37(34)39(38)36-18-8-12-27-10-3-4-15-33(27)36/h1-29H;2*1-25H. The third-order valence-electron chi connectivity index (χ3n) is 25.9. The molecule has 3 nitrogen and oxygen atoms in total. The summed E-state index contributed by atoms with van der Waals surface area (Å²) in [7, 11) is 0. The van der Waals surface area contributed by atoms with E-state index in [1.54, 1.807) is 0 Å². The summed E-state index contributed by atoms with van der Waals surface area (Å²) in [5.41, 5.74) is 25.8. The minimum absolute atomic E-state index is 1.21. The van der Waals surface area contributed by atoms with Crippen LogP contribution in [-0.2, 0) is 0 Å². The van der Waals surface area contributed by atoms with Crippen LogP contribution in [0, 0.1) is 0 Å². The van der Waals surface area contributed by atoms with Crippen molar-refractivity contribution in [2.45, 2.75) is 0 Å². The number of nitrogens with zero attached hydrogens (tertiary/aromatic N) is 3. The van der Waals surface area contributed by atoms with Crippen molar-refractivity contribution in [3.05, 3.63) is 479 Å². The average Bonchev–Trinajstić information content (AvgIpc) is 1.71. The Labute approximate surface area is 723 Å². The van der Waals surface area contributed by atoms with E-state index in [0.717, 1.165) is 0 Å². The van der Waals surface area contributed by atoms with Crippen LogP contribution in [0.15, 0.2) is 479 Å². The maximum Gasteiger partial charge on any atom is 0.0541 e. The van der Waals surface area contributed by atoms with Gasteiger partial charge < -0.3 is 13.7 Å². The van der Waals surface area contributed by atoms with Gasteiger partial charge in [0.25, 0.3) is 0 Å². The van der Waals surface area contributed by atoms with Crippen LogP contribution in [-0.4, -0.2) is 13.7 Å². The third-order valence-corrected chi connectivity index (χ3v) is 25.9. The second kappa shape index (κ2) is 30.4. The Morgan fingerprint density at radius 2 is 0.352 bits per heavy atom. The van der Waals surface area contributed by atoms with Crippen LogP contribution in [0.4, 0.5) is 0 Å². The zero-order valence-electron chi connectivity index (χ0n) is 68.5. The van der Waals surface area contributed by atoms with Gasteiger partial charge in [-0.25, -0.2) is 0 Å². The fourth-order valence-corrected chi connectivity index (χ4v) is 20.0. The Hall–Kier alpha value is -16.5. The first-order chi connectivity index (χ1) is 62.0. The lowest BCUT2D eigenvalue weighted by Gasteiger charge is -2.12. The number of hydrogen-bond acceptors (Lipinski definition) is 0. The molecule has 0 N–H and O–H groups in total. The average molecular weight is 1590 g/mol. The molecule has 0 aliphatic rings. The van der Waals surface area contributed by atoms with Gasteiger partial charge in [-0.3, -0.25) is 0 Å². The molecule has 0 saturated heterocycles. The quantitative estimate of drug-likeness (QED) is 0.128. The highest BCUT2D eigenvalue weighted by atomic mass is 15.0. The molecule has 3 heterocycles. The van der Waals surface area contributed by atoms with Crippen molar-refractivity contribution in [2.24, 2.45) is 0 Å². The van der Waals surface area contributed by atoms with Gasteiger partial charge in [-0.05, 0) is 234 Å². The normalized spacial score (nSPS) is 11.7. The van der Waals surface area contributed by atoms with Gasteiger partial charge in [0.05, 0.1) is 50.2 Å². The largest absolute Gasteiger partial charge is 0.309 e. The van der Waals surface area contributed by atoms with Crippen LogP contribution in [0.2, 0.25) is 0 Å². The molecule has 0 unspecified atom stereocenters. The fraction of sp³-hybridized carbons (Fsp3) is 0. The summed E-state index contributed by atoms with van der Waals surface area (Å²) in [5.74, 6) is 0. The smallest absolute Gasteiger partial charge is 0.0541 e. The maximum atomic E-state index is 2.42. The van der Waals surface area contributed by atoms with Crippen molar-refractivity contribution in [1.82, 2.24) is 13.7 Å². The third kappa shape index (κ3) is 12.6. The van der Waals surface area contributed by atoms with Crippen LogP contribution in [0.1, 0.15) is 0 Å². The Kier molecular flexibility index (Phi) is 17.6. The molecule has 23 aromatic carbocycles. The molecule has 0 radical (unpaired) electrons. The molecule has 0 bridgehead atoms. The van der Waals surface area contributed by atoms with E-state index in [1.165, 1.54) is 235 Å². The molecule has 3 heteroatoms. The highest BCUT2D eigenvalue weighted by Crippen LogP contribution is 2.45. The predicted octanol–water partition coefficient (Wildman–Crippen LogP) is 33.6. The summed E-state index contributed by atoms with van der Waals surface area (Å²) in [6, 6.07) is 175. The highest BCUT2D eigenvalue weighted by Gasteiger charge is 2.21. The van der Waals surface area contributed by atoms with Gasteiger partial charge in [0.15, 0.2) is 0 Å². The number of rotatable bonds is 9. The molecular formula is C122H79N3. The fourth-order valence-electron chi connectivity index (χ4n) is 20.0. The molecule has 26 rings (SSSR count). The van der Waals surface area contributed by atoms with Crippen LogP contribution >= 0.6 is 0 Å². The van der Waals surface area contributed by atoms with Crippen molar-refractivity contribution in [1.29, 1.82) is 0 Å². The lowest BCUT2D eigenvalue weighted by molar-refractivity contribution is 1.20. The van der Waals surface area contributed by atoms with Gasteiger partial charge in [0.1, 0.15) is 0 Å². The number of benzene rings is 23. The lowest BCUT2D eigenvalue weighted by Crippen LogP contribution is -1.95. The summed E-state index contributed by atoms with van der Waals surface area (Å²) in [5, 5.41) is 28.1. The SMILES string of the molecule is c1cc(-c2ccc3c(c2)c2ccccc2n3-c2cccc3ccccc23)cc(-c2cccc3ccccc23)c1.c1cc(-c2ccc3ccccc3c2)cc(-c2ccc3c(c2)c2ccccc2n3-c2cccc3ccccc23)c1.c1ccc2c(-n3c4ccccc4c4cc(-c5ccc(-c6ccc7c8ccccc8c8ccccc8c7c6)cc5)ccc43)cccc2c1. The second-order valence-corrected chi connectivity index (χ2v) is 32.9. The first kappa shape index (κ1) is 72.5. The Morgan fingerprint density at radius 1 is 0.104 bits per heavy atom. The number of aromatic nitrogens is 3. The van der Waals surface area contributed by atoms with Gasteiger partial charge >= 0.3 is 0 Å². The van der Waals surface area contributed by atoms with Crippen molar-refractivity contribution < 1.29 is 0 Å². The van der Waals surface area contributed by atoms with E-state index in [0.29, 0.717) is 0 Å². The first-order valence-corrected chi connectivity index (χ1v) is 43.2. The highest BCUT2D eigenvalue weighted by molar-refractivity contribution is 6.26. The minimum atomic E-state index is 1.21. The maximum absolute atomic E-state index is 2.42. The molecular weight excluding hydrogens is 1510 g/mol. The number of hydrogen-bond donors (Lipinski definition) is 0. The molecule has 0 saturated carbocycles. The van der Waals surface area contributed by atoms with E-state index >= 15 is 0 Å². The number of para-hydroxylation sites is 3. The van der Waals surface area contributed by atoms with E-state index in [1.807, 2.05) is 0 Å². The van der Waals surface area contributed by atoms with E-state index in [2.05, 4.69) is 493 Å². The second-order valence-electron chi connectivity index (χ2n) is 32.9. The minimum Gasteiger partial charge on any atom is -0.309 e. The molecule has 26 aromatic rings. The van der Waals surface area contributed by atoms with Crippen LogP contribution in [0.5, 0.6) is 0 Å². The summed E-state index contributed by atoms with van der Waals surface area (Å²) >= 11 is 0. The van der Waals surface area contributed by atoms with Gasteiger partial charge in [0.2, 0.25) is 0 Å². The predicted molar refractivity (Wildman–Crippen MR) is 535 cm³/mol. The first-order valence-electron chi connectivity index (χ1n) is 43.2. The van der Waals surface area contributed by atoms with Gasteiger partial charge in [0, 0.05) is 48.5 Å². The van der Waals surface area contributed by atoms with Crippen molar-refractivity contribution in [3.63, 3.8) is 0 Å². The summed E-state index contributed by atoms with van der Waals surface area (Å²) in [6.45, 7) is 0. The molecule has 0 atom stereocenters. The molecule has 0 aliphatic carbocycles. The summed E-state index contributed by atoms with van der Waals surface area (Å²) < 4.78 is 7.26. The lowest BCUT2D eigenvalue weighted by atomic mass is 9.92. The Bertz CT molecular complexity index is 8750. The van der Waals surface area contributed by atoms with E-state index in [9.17, 15) is 0 Å². The van der Waals surface area contributed by atoms with Gasteiger partial charge in [-0.15, -0.1) is 0 Å². The molecule has 0 amide bonds. The molecule has 0 spiro atoms. The molecule has 125 heavy (non-hydrogen) atoms. The molecule has 0 fully saturated rings. The van der Waals surface area contributed by atoms with E-state index in [4.69, 9.17) is 0 Å². The molecule has 3 aromatic heterocycles. The van der Waals surface area contributed by atoms with Gasteiger partial charge in [-0.1, -0.05) is 382 Å². The van der Waals surface area contributed by atoms with E-state index in [-0.39, 0.29) is 0 Å².